The Hall–Kier alpha value is -2.20. The normalized spacial score (nSPS) is 21.1. The average molecular weight is 541 g/mol. The second-order valence-electron chi connectivity index (χ2n) is 13.6. The van der Waals surface area contributed by atoms with Gasteiger partial charge in [0.2, 0.25) is 0 Å². The van der Waals surface area contributed by atoms with Gasteiger partial charge >= 0.3 is 13.1 Å². The molecule has 1 saturated heterocycles. The van der Waals surface area contributed by atoms with Gasteiger partial charge in [-0.1, -0.05) is 12.1 Å². The van der Waals surface area contributed by atoms with E-state index in [-0.39, 0.29) is 17.0 Å². The van der Waals surface area contributed by atoms with Crippen molar-refractivity contribution in [1.82, 2.24) is 5.32 Å². The maximum Gasteiger partial charge on any atom is 0.494 e. The van der Waals surface area contributed by atoms with Gasteiger partial charge in [-0.2, -0.15) is 0 Å². The molecular formula is C29H41BN2O5S. The number of ether oxygens (including phenoxy) is 1. The molecule has 0 aliphatic carbocycles. The zero-order valence-corrected chi connectivity index (χ0v) is 25.4. The van der Waals surface area contributed by atoms with Gasteiger partial charge in [-0.25, -0.2) is 4.79 Å². The van der Waals surface area contributed by atoms with Crippen molar-refractivity contribution in [2.75, 3.05) is 5.32 Å². The van der Waals surface area contributed by atoms with Gasteiger partial charge in [-0.05, 0) is 106 Å². The topological polar surface area (TPSA) is 85.9 Å². The van der Waals surface area contributed by atoms with E-state index in [4.69, 9.17) is 14.0 Å². The molecule has 0 saturated carbocycles. The number of rotatable bonds is 4. The van der Waals surface area contributed by atoms with Crippen LogP contribution in [0, 0.1) is 0 Å². The minimum absolute atomic E-state index is 0.223. The fourth-order valence-electron chi connectivity index (χ4n) is 5.11. The molecule has 3 heterocycles. The molecule has 206 valence electrons. The summed E-state index contributed by atoms with van der Waals surface area (Å²) in [6.07, 6.45) is 0.648. The highest BCUT2D eigenvalue weighted by atomic mass is 32.1. The number of carbonyl (C=O) groups is 2. The van der Waals surface area contributed by atoms with Gasteiger partial charge in [-0.3, -0.25) is 4.79 Å². The SMILES string of the molecule is CC1(C)Cc2c(sc(NC(=O)c3ccc(B4OC(C)(C)C(C)(C)O4)cc3)c2C(=O)OC(C)(C)C)C(C)(C)N1. The molecule has 1 amide bonds. The molecule has 2 aliphatic rings. The minimum Gasteiger partial charge on any atom is -0.456 e. The fourth-order valence-corrected chi connectivity index (χ4v) is 6.37. The van der Waals surface area contributed by atoms with Gasteiger partial charge in [0.1, 0.15) is 10.6 Å². The molecule has 0 radical (unpaired) electrons. The summed E-state index contributed by atoms with van der Waals surface area (Å²) in [4.78, 5) is 27.8. The number of hydrogen-bond acceptors (Lipinski definition) is 7. The Bertz CT molecular complexity index is 1240. The molecular weight excluding hydrogens is 499 g/mol. The van der Waals surface area contributed by atoms with Gasteiger partial charge in [0.25, 0.3) is 5.91 Å². The van der Waals surface area contributed by atoms with Crippen molar-refractivity contribution in [1.29, 1.82) is 0 Å². The van der Waals surface area contributed by atoms with Crippen LogP contribution in [0.15, 0.2) is 24.3 Å². The van der Waals surface area contributed by atoms with Crippen LogP contribution in [0.1, 0.15) is 107 Å². The number of thiophene rings is 1. The summed E-state index contributed by atoms with van der Waals surface area (Å²) in [6.45, 7) is 22.0. The molecule has 0 bridgehead atoms. The van der Waals surface area contributed by atoms with Crippen molar-refractivity contribution in [2.45, 2.75) is 110 Å². The zero-order chi connectivity index (χ0) is 28.5. The van der Waals surface area contributed by atoms with Crippen LogP contribution in [0.5, 0.6) is 0 Å². The van der Waals surface area contributed by atoms with E-state index in [1.54, 1.807) is 12.1 Å². The highest BCUT2D eigenvalue weighted by Gasteiger charge is 2.51. The summed E-state index contributed by atoms with van der Waals surface area (Å²) < 4.78 is 18.1. The van der Waals surface area contributed by atoms with Crippen LogP contribution in [0.3, 0.4) is 0 Å². The van der Waals surface area contributed by atoms with Crippen LogP contribution in [0.4, 0.5) is 5.00 Å². The van der Waals surface area contributed by atoms with Crippen molar-refractivity contribution in [3.63, 3.8) is 0 Å². The third-order valence-corrected chi connectivity index (χ3v) is 8.84. The van der Waals surface area contributed by atoms with Crippen molar-refractivity contribution in [3.05, 3.63) is 45.8 Å². The van der Waals surface area contributed by atoms with Gasteiger partial charge in [-0.15, -0.1) is 11.3 Å². The predicted octanol–water partition coefficient (Wildman–Crippen LogP) is 5.41. The van der Waals surface area contributed by atoms with Crippen molar-refractivity contribution >= 4 is 40.8 Å². The van der Waals surface area contributed by atoms with Crippen LogP contribution in [0.25, 0.3) is 0 Å². The van der Waals surface area contributed by atoms with Crippen molar-refractivity contribution < 1.29 is 23.6 Å². The summed E-state index contributed by atoms with van der Waals surface area (Å²) in [5.41, 5.74) is 0.567. The Morgan fingerprint density at radius 3 is 2.05 bits per heavy atom. The minimum atomic E-state index is -0.658. The van der Waals surface area contributed by atoms with E-state index in [9.17, 15) is 9.59 Å². The monoisotopic (exact) mass is 540 g/mol. The van der Waals surface area contributed by atoms with Crippen LogP contribution in [-0.4, -0.2) is 41.3 Å². The van der Waals surface area contributed by atoms with E-state index in [0.29, 0.717) is 22.5 Å². The summed E-state index contributed by atoms with van der Waals surface area (Å²) in [5.74, 6) is -0.714. The molecule has 38 heavy (non-hydrogen) atoms. The van der Waals surface area contributed by atoms with E-state index in [1.165, 1.54) is 11.3 Å². The van der Waals surface area contributed by atoms with Crippen LogP contribution in [0.2, 0.25) is 0 Å². The van der Waals surface area contributed by atoms with Crippen LogP contribution in [-0.2, 0) is 26.0 Å². The smallest absolute Gasteiger partial charge is 0.456 e. The fraction of sp³-hybridized carbons (Fsp3) is 0.586. The van der Waals surface area contributed by atoms with E-state index in [0.717, 1.165) is 15.9 Å². The Morgan fingerprint density at radius 2 is 1.53 bits per heavy atom. The first-order valence-electron chi connectivity index (χ1n) is 13.2. The number of fused-ring (bicyclic) bond motifs is 1. The van der Waals surface area contributed by atoms with Gasteiger partial charge < -0.3 is 24.7 Å². The molecule has 2 aliphatic heterocycles. The Morgan fingerprint density at radius 1 is 0.974 bits per heavy atom. The predicted molar refractivity (Wildman–Crippen MR) is 154 cm³/mol. The lowest BCUT2D eigenvalue weighted by Crippen LogP contribution is -2.55. The number of carbonyl (C=O) groups excluding carboxylic acids is 2. The van der Waals surface area contributed by atoms with Crippen molar-refractivity contribution in [2.24, 2.45) is 0 Å². The molecule has 1 aromatic heterocycles. The van der Waals surface area contributed by atoms with Crippen molar-refractivity contribution in [3.8, 4) is 0 Å². The molecule has 0 atom stereocenters. The first-order chi connectivity index (χ1) is 17.2. The lowest BCUT2D eigenvalue weighted by atomic mass is 9.79. The maximum atomic E-state index is 13.4. The molecule has 2 N–H and O–H groups in total. The second kappa shape index (κ2) is 9.19. The number of amides is 1. The Labute approximate surface area is 231 Å². The average Bonchev–Trinajstić information content (AvgIpc) is 3.19. The Balaban J connectivity index is 1.64. The Kier molecular flexibility index (Phi) is 6.96. The molecule has 1 fully saturated rings. The number of hydrogen-bond donors (Lipinski definition) is 2. The highest BCUT2D eigenvalue weighted by molar-refractivity contribution is 7.17. The second-order valence-corrected chi connectivity index (χ2v) is 14.6. The lowest BCUT2D eigenvalue weighted by Gasteiger charge is -2.42. The van der Waals surface area contributed by atoms with E-state index in [1.807, 2.05) is 60.6 Å². The third-order valence-electron chi connectivity index (χ3n) is 7.37. The quantitative estimate of drug-likeness (QED) is 0.398. The van der Waals surface area contributed by atoms with E-state index in [2.05, 4.69) is 38.3 Å². The van der Waals surface area contributed by atoms with Crippen LogP contribution >= 0.6 is 11.3 Å². The molecule has 0 spiro atoms. The summed E-state index contributed by atoms with van der Waals surface area (Å²) >= 11 is 1.43. The van der Waals surface area contributed by atoms with Gasteiger partial charge in [0.05, 0.1) is 16.8 Å². The first-order valence-corrected chi connectivity index (χ1v) is 14.0. The molecule has 1 aromatic carbocycles. The number of anilines is 1. The van der Waals surface area contributed by atoms with E-state index >= 15 is 0 Å². The standard InChI is InChI=1S/C29H41BN2O5S/c1-25(2,3)35-24(34)20-19-16-26(4,5)32-27(6,7)21(19)38-23(20)31-22(33)17-12-14-18(15-13-17)30-36-28(8,9)29(10,11)37-30/h12-15,32H,16H2,1-11H3,(H,31,33). The summed E-state index contributed by atoms with van der Waals surface area (Å²) in [5, 5.41) is 7.20. The molecule has 4 rings (SSSR count). The largest absolute Gasteiger partial charge is 0.494 e. The molecule has 9 heteroatoms. The maximum absolute atomic E-state index is 13.4. The highest BCUT2D eigenvalue weighted by Crippen LogP contribution is 2.45. The number of esters is 1. The lowest BCUT2D eigenvalue weighted by molar-refractivity contribution is 0.00578. The number of nitrogens with one attached hydrogen (secondary N) is 2. The van der Waals surface area contributed by atoms with E-state index < -0.39 is 29.9 Å². The summed E-state index contributed by atoms with van der Waals surface area (Å²) in [7, 11) is -0.502. The van der Waals surface area contributed by atoms with Gasteiger partial charge in [0, 0.05) is 21.5 Å². The molecule has 2 aromatic rings. The third kappa shape index (κ3) is 5.57. The molecule has 7 nitrogen and oxygen atoms in total. The number of benzene rings is 1. The zero-order valence-electron chi connectivity index (χ0n) is 24.5. The van der Waals surface area contributed by atoms with Crippen LogP contribution < -0.4 is 16.1 Å². The molecule has 0 unspecified atom stereocenters. The first kappa shape index (κ1) is 28.8. The summed E-state index contributed by atoms with van der Waals surface area (Å²) in [6, 6.07) is 7.21. The van der Waals surface area contributed by atoms with Gasteiger partial charge in [0.15, 0.2) is 0 Å².